The zero-order valence-corrected chi connectivity index (χ0v) is 10.8. The van der Waals surface area contributed by atoms with Crippen molar-refractivity contribution in [1.29, 1.82) is 0 Å². The number of allylic oxidation sites excluding steroid dienone is 1. The molecule has 0 radical (unpaired) electrons. The third-order valence-electron chi connectivity index (χ3n) is 4.77. The van der Waals surface area contributed by atoms with E-state index in [1.807, 2.05) is 13.0 Å². The molecule has 17 heavy (non-hydrogen) atoms. The summed E-state index contributed by atoms with van der Waals surface area (Å²) in [5.41, 5.74) is 0.186. The minimum absolute atomic E-state index is 0.0111. The molecule has 2 aliphatic carbocycles. The average Bonchev–Trinajstić information content (AvgIpc) is 2.33. The van der Waals surface area contributed by atoms with Gasteiger partial charge in [0.15, 0.2) is 0 Å². The van der Waals surface area contributed by atoms with E-state index in [0.717, 1.165) is 44.1 Å². The Morgan fingerprint density at radius 1 is 1.35 bits per heavy atom. The molecule has 2 rings (SSSR count). The lowest BCUT2D eigenvalue weighted by Crippen LogP contribution is -2.49. The van der Waals surface area contributed by atoms with Crippen LogP contribution in [0.3, 0.4) is 0 Å². The van der Waals surface area contributed by atoms with Gasteiger partial charge in [-0.1, -0.05) is 18.9 Å². The Bertz CT molecular complexity index is 343. The fourth-order valence-electron chi connectivity index (χ4n) is 3.40. The fraction of sp³-hybridized carbons (Fsp3) is 0.786. The molecular formula is C14H22O3. The first-order valence-electron chi connectivity index (χ1n) is 6.50. The van der Waals surface area contributed by atoms with Crippen LogP contribution in [-0.2, 0) is 9.53 Å². The van der Waals surface area contributed by atoms with E-state index in [0.29, 0.717) is 0 Å². The molecule has 1 spiro atoms. The van der Waals surface area contributed by atoms with E-state index in [9.17, 15) is 9.90 Å². The molecule has 3 nitrogen and oxygen atoms in total. The van der Waals surface area contributed by atoms with Crippen LogP contribution in [-0.4, -0.2) is 23.8 Å². The Labute approximate surface area is 103 Å². The quantitative estimate of drug-likeness (QED) is 0.714. The predicted octanol–water partition coefficient (Wildman–Crippen LogP) is 2.58. The lowest BCUT2D eigenvalue weighted by molar-refractivity contribution is -0.137. The Balaban J connectivity index is 2.15. The molecule has 1 N–H and O–H groups in total. The van der Waals surface area contributed by atoms with Crippen LogP contribution in [0.25, 0.3) is 0 Å². The molecule has 96 valence electrons. The summed E-state index contributed by atoms with van der Waals surface area (Å²) >= 11 is 0. The van der Waals surface area contributed by atoms with E-state index in [1.54, 1.807) is 0 Å². The van der Waals surface area contributed by atoms with E-state index < -0.39 is 5.60 Å². The topological polar surface area (TPSA) is 46.5 Å². The molecule has 2 atom stereocenters. The van der Waals surface area contributed by atoms with Crippen LogP contribution in [0.5, 0.6) is 0 Å². The van der Waals surface area contributed by atoms with Gasteiger partial charge in [0, 0.05) is 11.0 Å². The Kier molecular flexibility index (Phi) is 3.30. The number of ether oxygens (including phenoxy) is 1. The van der Waals surface area contributed by atoms with Crippen LogP contribution in [0.4, 0.5) is 0 Å². The number of aliphatic hydroxyl groups is 1. The Morgan fingerprint density at radius 2 is 2.06 bits per heavy atom. The summed E-state index contributed by atoms with van der Waals surface area (Å²) in [5.74, 6) is -0.213. The van der Waals surface area contributed by atoms with Crippen molar-refractivity contribution in [2.45, 2.75) is 57.5 Å². The van der Waals surface area contributed by atoms with Gasteiger partial charge in [0.25, 0.3) is 0 Å². The molecule has 0 bridgehead atoms. The van der Waals surface area contributed by atoms with Crippen molar-refractivity contribution in [3.63, 3.8) is 0 Å². The molecule has 0 heterocycles. The Hall–Kier alpha value is -0.830. The van der Waals surface area contributed by atoms with Crippen molar-refractivity contribution < 1.29 is 14.6 Å². The SMILES string of the molecule is COC(=O)C1=CC[C@@]2(CCCC[C@@]2(C)O)CC1. The normalized spacial score (nSPS) is 37.7. The minimum Gasteiger partial charge on any atom is -0.466 e. The molecule has 1 fully saturated rings. The number of rotatable bonds is 1. The smallest absolute Gasteiger partial charge is 0.333 e. The molecule has 3 heteroatoms. The van der Waals surface area contributed by atoms with Gasteiger partial charge in [0.1, 0.15) is 0 Å². The summed E-state index contributed by atoms with van der Waals surface area (Å²) in [6, 6.07) is 0. The summed E-state index contributed by atoms with van der Waals surface area (Å²) in [7, 11) is 1.42. The van der Waals surface area contributed by atoms with Crippen LogP contribution in [0.1, 0.15) is 51.9 Å². The lowest BCUT2D eigenvalue weighted by Gasteiger charge is -2.50. The van der Waals surface area contributed by atoms with E-state index in [2.05, 4.69) is 0 Å². The predicted molar refractivity (Wildman–Crippen MR) is 65.5 cm³/mol. The number of carbonyl (C=O) groups is 1. The third-order valence-corrected chi connectivity index (χ3v) is 4.77. The maximum Gasteiger partial charge on any atom is 0.333 e. The molecule has 0 amide bonds. The highest BCUT2D eigenvalue weighted by Crippen LogP contribution is 2.52. The largest absolute Gasteiger partial charge is 0.466 e. The summed E-state index contributed by atoms with van der Waals surface area (Å²) in [6.45, 7) is 1.96. The number of hydrogen-bond donors (Lipinski definition) is 1. The van der Waals surface area contributed by atoms with Gasteiger partial charge in [-0.15, -0.1) is 0 Å². The van der Waals surface area contributed by atoms with Crippen LogP contribution in [0.15, 0.2) is 11.6 Å². The van der Waals surface area contributed by atoms with Gasteiger partial charge >= 0.3 is 5.97 Å². The molecule has 2 aliphatic rings. The highest BCUT2D eigenvalue weighted by Gasteiger charge is 2.48. The monoisotopic (exact) mass is 238 g/mol. The van der Waals surface area contributed by atoms with Crippen LogP contribution >= 0.6 is 0 Å². The lowest BCUT2D eigenvalue weighted by atomic mass is 9.58. The standard InChI is InChI=1S/C14H22O3/c1-13(16)7-3-4-8-14(13)9-5-11(6-10-14)12(15)17-2/h5,16H,3-4,6-10H2,1-2H3/t13-,14+/m1/s1. The van der Waals surface area contributed by atoms with E-state index in [1.165, 1.54) is 13.5 Å². The average molecular weight is 238 g/mol. The van der Waals surface area contributed by atoms with Crippen LogP contribution in [0.2, 0.25) is 0 Å². The molecule has 1 saturated carbocycles. The van der Waals surface area contributed by atoms with Crippen molar-refractivity contribution >= 4 is 5.97 Å². The number of methoxy groups -OCH3 is 1. The summed E-state index contributed by atoms with van der Waals surface area (Å²) < 4.78 is 4.75. The number of carbonyl (C=O) groups excluding carboxylic acids is 1. The van der Waals surface area contributed by atoms with Gasteiger partial charge in [-0.05, 0) is 39.0 Å². The first-order chi connectivity index (χ1) is 8.01. The number of esters is 1. The molecular weight excluding hydrogens is 216 g/mol. The minimum atomic E-state index is -0.580. The van der Waals surface area contributed by atoms with Crippen molar-refractivity contribution in [1.82, 2.24) is 0 Å². The maximum atomic E-state index is 11.4. The highest BCUT2D eigenvalue weighted by atomic mass is 16.5. The molecule has 0 aliphatic heterocycles. The van der Waals surface area contributed by atoms with Crippen LogP contribution in [0, 0.1) is 5.41 Å². The van der Waals surface area contributed by atoms with E-state index in [4.69, 9.17) is 4.74 Å². The van der Waals surface area contributed by atoms with Gasteiger partial charge in [-0.2, -0.15) is 0 Å². The van der Waals surface area contributed by atoms with Crippen molar-refractivity contribution in [2.24, 2.45) is 5.41 Å². The second-order valence-corrected chi connectivity index (χ2v) is 5.69. The number of hydrogen-bond acceptors (Lipinski definition) is 3. The third kappa shape index (κ3) is 2.13. The van der Waals surface area contributed by atoms with Crippen molar-refractivity contribution in [2.75, 3.05) is 7.11 Å². The van der Waals surface area contributed by atoms with Gasteiger partial charge < -0.3 is 9.84 Å². The van der Waals surface area contributed by atoms with Crippen molar-refractivity contribution in [3.05, 3.63) is 11.6 Å². The molecule has 0 saturated heterocycles. The molecule has 0 aromatic carbocycles. The summed E-state index contributed by atoms with van der Waals surface area (Å²) in [4.78, 5) is 11.4. The van der Waals surface area contributed by atoms with Crippen LogP contribution < -0.4 is 0 Å². The molecule has 0 aromatic rings. The second kappa shape index (κ2) is 4.45. The van der Waals surface area contributed by atoms with Gasteiger partial charge in [-0.3, -0.25) is 0 Å². The zero-order chi connectivity index (χ0) is 12.5. The Morgan fingerprint density at radius 3 is 2.59 bits per heavy atom. The maximum absolute atomic E-state index is 11.4. The first kappa shape index (κ1) is 12.6. The van der Waals surface area contributed by atoms with E-state index in [-0.39, 0.29) is 11.4 Å². The summed E-state index contributed by atoms with van der Waals surface area (Å²) in [6.07, 6.45) is 8.70. The zero-order valence-electron chi connectivity index (χ0n) is 10.8. The highest BCUT2D eigenvalue weighted by molar-refractivity contribution is 5.88. The van der Waals surface area contributed by atoms with E-state index >= 15 is 0 Å². The fourth-order valence-corrected chi connectivity index (χ4v) is 3.40. The van der Waals surface area contributed by atoms with Crippen molar-refractivity contribution in [3.8, 4) is 0 Å². The molecule has 0 unspecified atom stereocenters. The van der Waals surface area contributed by atoms with Gasteiger partial charge in [0.2, 0.25) is 0 Å². The molecule has 0 aromatic heterocycles. The second-order valence-electron chi connectivity index (χ2n) is 5.69. The summed E-state index contributed by atoms with van der Waals surface area (Å²) in [5, 5.41) is 10.6. The first-order valence-corrected chi connectivity index (χ1v) is 6.50. The van der Waals surface area contributed by atoms with Gasteiger partial charge in [0.05, 0.1) is 12.7 Å². The van der Waals surface area contributed by atoms with Gasteiger partial charge in [-0.25, -0.2) is 4.79 Å².